The molecule has 0 saturated carbocycles. The van der Waals surface area contributed by atoms with Gasteiger partial charge in [0.05, 0.1) is 7.11 Å². The molecule has 24 heavy (non-hydrogen) atoms. The van der Waals surface area contributed by atoms with Crippen LogP contribution in [0.2, 0.25) is 5.02 Å². The summed E-state index contributed by atoms with van der Waals surface area (Å²) in [4.78, 5) is 4.18. The first-order chi connectivity index (χ1) is 11.6. The molecular formula is C18H22ClN3O2. The topological polar surface area (TPSA) is 65.9 Å². The van der Waals surface area contributed by atoms with Crippen molar-refractivity contribution in [1.29, 1.82) is 0 Å². The Bertz CT molecular complexity index is 704. The lowest BCUT2D eigenvalue weighted by molar-refractivity contribution is 0.406. The SMILES string of the molecule is CN=C(NCCc1ccc(OC)cc1O)NCc1ccccc1Cl. The number of halogens is 1. The number of rotatable bonds is 6. The molecule has 0 aromatic heterocycles. The minimum atomic E-state index is 0.232. The number of benzene rings is 2. The van der Waals surface area contributed by atoms with Crippen LogP contribution in [0, 0.1) is 0 Å². The van der Waals surface area contributed by atoms with Crippen LogP contribution in [-0.4, -0.2) is 31.8 Å². The highest BCUT2D eigenvalue weighted by Crippen LogP contribution is 2.23. The molecule has 0 amide bonds. The third-order valence-corrected chi connectivity index (χ3v) is 3.98. The van der Waals surface area contributed by atoms with E-state index >= 15 is 0 Å². The zero-order valence-corrected chi connectivity index (χ0v) is 14.6. The Morgan fingerprint density at radius 2 is 1.96 bits per heavy atom. The fourth-order valence-corrected chi connectivity index (χ4v) is 2.44. The number of hydrogen-bond acceptors (Lipinski definition) is 3. The largest absolute Gasteiger partial charge is 0.508 e. The highest BCUT2D eigenvalue weighted by molar-refractivity contribution is 6.31. The van der Waals surface area contributed by atoms with Gasteiger partial charge in [-0.25, -0.2) is 0 Å². The predicted octanol–water partition coefficient (Wildman–Crippen LogP) is 2.96. The summed E-state index contributed by atoms with van der Waals surface area (Å²) in [5.41, 5.74) is 1.86. The van der Waals surface area contributed by atoms with Crippen molar-refractivity contribution in [2.75, 3.05) is 20.7 Å². The average molecular weight is 348 g/mol. The minimum absolute atomic E-state index is 0.232. The van der Waals surface area contributed by atoms with E-state index in [0.717, 1.165) is 16.1 Å². The van der Waals surface area contributed by atoms with Crippen LogP contribution < -0.4 is 15.4 Å². The van der Waals surface area contributed by atoms with Gasteiger partial charge in [-0.05, 0) is 29.7 Å². The Morgan fingerprint density at radius 3 is 2.62 bits per heavy atom. The maximum Gasteiger partial charge on any atom is 0.191 e. The molecule has 128 valence electrons. The molecular weight excluding hydrogens is 326 g/mol. The molecule has 0 aliphatic rings. The van der Waals surface area contributed by atoms with Crippen LogP contribution in [-0.2, 0) is 13.0 Å². The van der Waals surface area contributed by atoms with E-state index in [4.69, 9.17) is 16.3 Å². The average Bonchev–Trinajstić information content (AvgIpc) is 2.60. The van der Waals surface area contributed by atoms with Crippen LogP contribution in [0.15, 0.2) is 47.5 Å². The van der Waals surface area contributed by atoms with Crippen molar-refractivity contribution < 1.29 is 9.84 Å². The molecule has 2 aromatic rings. The molecule has 0 fully saturated rings. The van der Waals surface area contributed by atoms with E-state index in [1.165, 1.54) is 0 Å². The third kappa shape index (κ3) is 5.06. The first-order valence-electron chi connectivity index (χ1n) is 7.68. The maximum atomic E-state index is 9.96. The summed E-state index contributed by atoms with van der Waals surface area (Å²) in [5.74, 6) is 1.56. The van der Waals surface area contributed by atoms with Gasteiger partial charge in [-0.3, -0.25) is 4.99 Å². The summed E-state index contributed by atoms with van der Waals surface area (Å²) in [7, 11) is 3.29. The number of ether oxygens (including phenoxy) is 1. The number of phenols is 1. The Morgan fingerprint density at radius 1 is 1.17 bits per heavy atom. The molecule has 2 rings (SSSR count). The fraction of sp³-hybridized carbons (Fsp3) is 0.278. The molecule has 0 bridgehead atoms. The molecule has 2 aromatic carbocycles. The second-order valence-corrected chi connectivity index (χ2v) is 5.60. The van der Waals surface area contributed by atoms with Crippen LogP contribution in [0.25, 0.3) is 0 Å². The van der Waals surface area contributed by atoms with Crippen LogP contribution in [0.3, 0.4) is 0 Å². The number of phenolic OH excluding ortho intramolecular Hbond substituents is 1. The van der Waals surface area contributed by atoms with Gasteiger partial charge in [0.2, 0.25) is 0 Å². The van der Waals surface area contributed by atoms with Crippen LogP contribution in [0.1, 0.15) is 11.1 Å². The molecule has 0 unspecified atom stereocenters. The second-order valence-electron chi connectivity index (χ2n) is 5.19. The van der Waals surface area contributed by atoms with Gasteiger partial charge in [-0.1, -0.05) is 35.9 Å². The Labute approximate surface area is 147 Å². The minimum Gasteiger partial charge on any atom is -0.508 e. The lowest BCUT2D eigenvalue weighted by Gasteiger charge is -2.13. The summed E-state index contributed by atoms with van der Waals surface area (Å²) in [6, 6.07) is 13.0. The van der Waals surface area contributed by atoms with Gasteiger partial charge in [-0.2, -0.15) is 0 Å². The lowest BCUT2D eigenvalue weighted by Crippen LogP contribution is -2.37. The van der Waals surface area contributed by atoms with Crippen LogP contribution >= 0.6 is 11.6 Å². The first kappa shape index (κ1) is 17.9. The molecule has 5 nitrogen and oxygen atoms in total. The summed E-state index contributed by atoms with van der Waals surface area (Å²) >= 11 is 6.14. The smallest absolute Gasteiger partial charge is 0.191 e. The molecule has 3 N–H and O–H groups in total. The number of guanidine groups is 1. The number of aliphatic imine (C=N–C) groups is 1. The quantitative estimate of drug-likeness (QED) is 0.555. The Hall–Kier alpha value is -2.40. The van der Waals surface area contributed by atoms with Gasteiger partial charge in [-0.15, -0.1) is 0 Å². The highest BCUT2D eigenvalue weighted by atomic mass is 35.5. The van der Waals surface area contributed by atoms with Crippen molar-refractivity contribution in [1.82, 2.24) is 10.6 Å². The van der Waals surface area contributed by atoms with Gasteiger partial charge in [0, 0.05) is 31.2 Å². The molecule has 0 aliphatic carbocycles. The van der Waals surface area contributed by atoms with E-state index in [-0.39, 0.29) is 5.75 Å². The van der Waals surface area contributed by atoms with Gasteiger partial charge in [0.25, 0.3) is 0 Å². The number of nitrogens with zero attached hydrogens (tertiary/aromatic N) is 1. The van der Waals surface area contributed by atoms with Crippen LogP contribution in [0.5, 0.6) is 11.5 Å². The highest BCUT2D eigenvalue weighted by Gasteiger charge is 2.05. The first-order valence-corrected chi connectivity index (χ1v) is 8.05. The number of aromatic hydroxyl groups is 1. The number of hydrogen-bond donors (Lipinski definition) is 3. The molecule has 6 heteroatoms. The molecule has 0 radical (unpaired) electrons. The van der Waals surface area contributed by atoms with Crippen LogP contribution in [0.4, 0.5) is 0 Å². The zero-order valence-electron chi connectivity index (χ0n) is 13.8. The van der Waals surface area contributed by atoms with E-state index in [9.17, 15) is 5.11 Å². The molecule has 0 heterocycles. The van der Waals surface area contributed by atoms with Gasteiger partial charge in [0.15, 0.2) is 5.96 Å². The second kappa shape index (κ2) is 9.03. The van der Waals surface area contributed by atoms with Gasteiger partial charge >= 0.3 is 0 Å². The van der Waals surface area contributed by atoms with Gasteiger partial charge < -0.3 is 20.5 Å². The van der Waals surface area contributed by atoms with E-state index in [0.29, 0.717) is 31.2 Å². The summed E-state index contributed by atoms with van der Waals surface area (Å²) < 4.78 is 5.08. The zero-order chi connectivity index (χ0) is 17.4. The summed E-state index contributed by atoms with van der Waals surface area (Å²) in [6.07, 6.45) is 0.669. The lowest BCUT2D eigenvalue weighted by atomic mass is 10.1. The normalized spacial score (nSPS) is 11.2. The molecule has 0 saturated heterocycles. The van der Waals surface area contributed by atoms with E-state index in [2.05, 4.69) is 15.6 Å². The van der Waals surface area contributed by atoms with E-state index in [1.807, 2.05) is 36.4 Å². The Kier molecular flexibility index (Phi) is 6.75. The van der Waals surface area contributed by atoms with Crippen molar-refractivity contribution in [2.45, 2.75) is 13.0 Å². The van der Waals surface area contributed by atoms with E-state index < -0.39 is 0 Å². The van der Waals surface area contributed by atoms with Crippen molar-refractivity contribution in [3.63, 3.8) is 0 Å². The number of methoxy groups -OCH3 is 1. The van der Waals surface area contributed by atoms with Gasteiger partial charge in [0.1, 0.15) is 11.5 Å². The van der Waals surface area contributed by atoms with Crippen molar-refractivity contribution in [3.05, 3.63) is 58.6 Å². The maximum absolute atomic E-state index is 9.96. The fourth-order valence-electron chi connectivity index (χ4n) is 2.24. The molecule has 0 aliphatic heterocycles. The molecule has 0 atom stereocenters. The van der Waals surface area contributed by atoms with Crippen molar-refractivity contribution >= 4 is 17.6 Å². The monoisotopic (exact) mass is 347 g/mol. The predicted molar refractivity (Wildman–Crippen MR) is 98.0 cm³/mol. The number of nitrogens with one attached hydrogen (secondary N) is 2. The Balaban J connectivity index is 1.83. The standard InChI is InChI=1S/C18H22ClN3O2/c1-20-18(22-12-14-5-3-4-6-16(14)19)21-10-9-13-7-8-15(24-2)11-17(13)23/h3-8,11,23H,9-10,12H2,1-2H3,(H2,20,21,22). The van der Waals surface area contributed by atoms with E-state index in [1.54, 1.807) is 20.2 Å². The third-order valence-electron chi connectivity index (χ3n) is 3.61. The van der Waals surface area contributed by atoms with Crippen molar-refractivity contribution in [2.24, 2.45) is 4.99 Å². The van der Waals surface area contributed by atoms with Crippen molar-refractivity contribution in [3.8, 4) is 11.5 Å². The molecule has 0 spiro atoms. The summed E-state index contributed by atoms with van der Waals surface area (Å²) in [5, 5.41) is 17.1. The summed E-state index contributed by atoms with van der Waals surface area (Å²) in [6.45, 7) is 1.23.